The lowest BCUT2D eigenvalue weighted by atomic mass is 10.2. The summed E-state index contributed by atoms with van der Waals surface area (Å²) in [6.07, 6.45) is -0.908. The summed E-state index contributed by atoms with van der Waals surface area (Å²) in [5.74, 6) is -0.343. The summed E-state index contributed by atoms with van der Waals surface area (Å²) in [6, 6.07) is 7.30. The van der Waals surface area contributed by atoms with Crippen LogP contribution in [0.5, 0.6) is 5.75 Å². The van der Waals surface area contributed by atoms with Crippen LogP contribution in [0, 0.1) is 13.8 Å². The maximum absolute atomic E-state index is 12.2. The lowest BCUT2D eigenvalue weighted by Gasteiger charge is -2.15. The molecule has 1 N–H and O–H groups in total. The van der Waals surface area contributed by atoms with E-state index in [0.717, 1.165) is 11.1 Å². The van der Waals surface area contributed by atoms with Gasteiger partial charge in [0.25, 0.3) is 5.91 Å². The van der Waals surface area contributed by atoms with E-state index in [1.165, 1.54) is 18.4 Å². The van der Waals surface area contributed by atoms with Crippen molar-refractivity contribution in [2.75, 3.05) is 12.4 Å². The lowest BCUT2D eigenvalue weighted by Crippen LogP contribution is -2.30. The fraction of sp³-hybridized carbons (Fsp3) is 0.294. The third kappa shape index (κ3) is 4.10. The molecule has 0 aliphatic heterocycles. The van der Waals surface area contributed by atoms with Gasteiger partial charge in [0.2, 0.25) is 0 Å². The number of thiophene rings is 1. The second kappa shape index (κ2) is 7.28. The number of aryl methyl sites for hydroxylation is 2. The molecule has 1 aromatic carbocycles. The standard InChI is InChI=1S/C17H19NO4S/c1-10-5-6-14(21-4)13(9-10)18-16(19)12(3)22-17(20)15-11(2)7-8-23-15/h5-9,12H,1-4H3,(H,18,19)/t12-/m1/s1. The molecule has 0 unspecified atom stereocenters. The normalized spacial score (nSPS) is 11.7. The molecule has 0 saturated carbocycles. The molecule has 122 valence electrons. The van der Waals surface area contributed by atoms with E-state index in [2.05, 4.69) is 5.32 Å². The Balaban J connectivity index is 2.04. The van der Waals surface area contributed by atoms with Crippen molar-refractivity contribution in [2.24, 2.45) is 0 Å². The minimum absolute atomic E-state index is 0.406. The van der Waals surface area contributed by atoms with Crippen molar-refractivity contribution in [1.82, 2.24) is 0 Å². The number of esters is 1. The predicted octanol–water partition coefficient (Wildman–Crippen LogP) is 3.56. The van der Waals surface area contributed by atoms with Gasteiger partial charge >= 0.3 is 5.97 Å². The largest absolute Gasteiger partial charge is 0.495 e. The van der Waals surface area contributed by atoms with Crippen molar-refractivity contribution < 1.29 is 19.1 Å². The van der Waals surface area contributed by atoms with Gasteiger partial charge in [-0.3, -0.25) is 4.79 Å². The van der Waals surface area contributed by atoms with E-state index in [0.29, 0.717) is 16.3 Å². The van der Waals surface area contributed by atoms with Gasteiger partial charge in [0, 0.05) is 0 Å². The number of rotatable bonds is 5. The van der Waals surface area contributed by atoms with Crippen LogP contribution in [0.1, 0.15) is 27.7 Å². The number of benzene rings is 1. The molecule has 1 atom stereocenters. The molecule has 0 bridgehead atoms. The Labute approximate surface area is 139 Å². The molecule has 0 aliphatic carbocycles. The first-order chi connectivity index (χ1) is 10.9. The first-order valence-electron chi connectivity index (χ1n) is 7.13. The van der Waals surface area contributed by atoms with Crippen molar-refractivity contribution in [3.8, 4) is 5.75 Å². The molecule has 0 radical (unpaired) electrons. The van der Waals surface area contributed by atoms with Crippen LogP contribution >= 0.6 is 11.3 Å². The molecule has 5 nitrogen and oxygen atoms in total. The molecule has 0 aliphatic rings. The highest BCUT2D eigenvalue weighted by Crippen LogP contribution is 2.25. The number of amides is 1. The topological polar surface area (TPSA) is 64.6 Å². The maximum atomic E-state index is 12.2. The summed E-state index contributed by atoms with van der Waals surface area (Å²) in [7, 11) is 1.53. The number of carbonyl (C=O) groups is 2. The highest BCUT2D eigenvalue weighted by Gasteiger charge is 2.21. The Bertz CT molecular complexity index is 723. The molecule has 23 heavy (non-hydrogen) atoms. The van der Waals surface area contributed by atoms with E-state index < -0.39 is 18.0 Å². The van der Waals surface area contributed by atoms with E-state index in [4.69, 9.17) is 9.47 Å². The van der Waals surface area contributed by atoms with Crippen LogP contribution < -0.4 is 10.1 Å². The number of hydrogen-bond acceptors (Lipinski definition) is 5. The van der Waals surface area contributed by atoms with Gasteiger partial charge in [-0.2, -0.15) is 0 Å². The second-order valence-corrected chi connectivity index (χ2v) is 6.09. The van der Waals surface area contributed by atoms with Gasteiger partial charge in [-0.05, 0) is 55.5 Å². The van der Waals surface area contributed by atoms with Crippen molar-refractivity contribution in [3.63, 3.8) is 0 Å². The molecule has 0 saturated heterocycles. The van der Waals surface area contributed by atoms with Crippen LogP contribution in [0.2, 0.25) is 0 Å². The highest BCUT2D eigenvalue weighted by molar-refractivity contribution is 7.12. The van der Waals surface area contributed by atoms with Gasteiger partial charge < -0.3 is 14.8 Å². The third-order valence-corrected chi connectivity index (χ3v) is 4.31. The summed E-state index contributed by atoms with van der Waals surface area (Å²) < 4.78 is 10.4. The van der Waals surface area contributed by atoms with Gasteiger partial charge in [-0.15, -0.1) is 11.3 Å². The van der Waals surface area contributed by atoms with E-state index in [1.807, 2.05) is 31.4 Å². The van der Waals surface area contributed by atoms with Gasteiger partial charge in [0.15, 0.2) is 6.10 Å². The molecular formula is C17H19NO4S. The minimum Gasteiger partial charge on any atom is -0.495 e. The average Bonchev–Trinajstić information content (AvgIpc) is 2.93. The van der Waals surface area contributed by atoms with E-state index in [-0.39, 0.29) is 0 Å². The predicted molar refractivity (Wildman–Crippen MR) is 90.3 cm³/mol. The van der Waals surface area contributed by atoms with Crippen molar-refractivity contribution >= 4 is 28.9 Å². The molecule has 0 spiro atoms. The lowest BCUT2D eigenvalue weighted by molar-refractivity contribution is -0.123. The molecule has 2 aromatic rings. The number of nitrogens with one attached hydrogen (secondary N) is 1. The number of ether oxygens (including phenoxy) is 2. The van der Waals surface area contributed by atoms with Crippen LogP contribution in [0.3, 0.4) is 0 Å². The number of carbonyl (C=O) groups excluding carboxylic acids is 2. The highest BCUT2D eigenvalue weighted by atomic mass is 32.1. The fourth-order valence-electron chi connectivity index (χ4n) is 2.00. The third-order valence-electron chi connectivity index (χ3n) is 3.31. The van der Waals surface area contributed by atoms with Crippen molar-refractivity contribution in [2.45, 2.75) is 26.9 Å². The number of anilines is 1. The Morgan fingerprint density at radius 1 is 1.22 bits per heavy atom. The molecule has 2 rings (SSSR count). The maximum Gasteiger partial charge on any atom is 0.349 e. The van der Waals surface area contributed by atoms with Crippen LogP contribution in [0.4, 0.5) is 5.69 Å². The molecule has 0 fully saturated rings. The van der Waals surface area contributed by atoms with E-state index in [1.54, 1.807) is 19.1 Å². The zero-order valence-corrected chi connectivity index (χ0v) is 14.3. The SMILES string of the molecule is COc1ccc(C)cc1NC(=O)[C@@H](C)OC(=O)c1sccc1C. The Morgan fingerprint density at radius 2 is 1.96 bits per heavy atom. The monoisotopic (exact) mass is 333 g/mol. The van der Waals surface area contributed by atoms with Gasteiger partial charge in [0.05, 0.1) is 12.8 Å². The Morgan fingerprint density at radius 3 is 2.57 bits per heavy atom. The molecular weight excluding hydrogens is 314 g/mol. The first-order valence-corrected chi connectivity index (χ1v) is 8.01. The number of methoxy groups -OCH3 is 1. The van der Waals surface area contributed by atoms with Gasteiger partial charge in [0.1, 0.15) is 10.6 Å². The van der Waals surface area contributed by atoms with Crippen LogP contribution in [0.15, 0.2) is 29.6 Å². The first kappa shape index (κ1) is 17.0. The van der Waals surface area contributed by atoms with Crippen LogP contribution in [0.25, 0.3) is 0 Å². The summed E-state index contributed by atoms with van der Waals surface area (Å²) in [5.41, 5.74) is 2.38. The molecule has 6 heteroatoms. The Hall–Kier alpha value is -2.34. The van der Waals surface area contributed by atoms with Gasteiger partial charge in [-0.25, -0.2) is 4.79 Å². The van der Waals surface area contributed by atoms with Gasteiger partial charge in [-0.1, -0.05) is 6.07 Å². The molecule has 1 aromatic heterocycles. The zero-order valence-electron chi connectivity index (χ0n) is 13.5. The second-order valence-electron chi connectivity index (χ2n) is 5.17. The summed E-state index contributed by atoms with van der Waals surface area (Å²) in [5, 5.41) is 4.54. The molecule has 1 heterocycles. The van der Waals surface area contributed by atoms with Crippen molar-refractivity contribution in [3.05, 3.63) is 45.6 Å². The molecule has 1 amide bonds. The van der Waals surface area contributed by atoms with Crippen molar-refractivity contribution in [1.29, 1.82) is 0 Å². The van der Waals surface area contributed by atoms with Crippen LogP contribution in [-0.2, 0) is 9.53 Å². The fourth-order valence-corrected chi connectivity index (χ4v) is 2.81. The smallest absolute Gasteiger partial charge is 0.349 e. The summed E-state index contributed by atoms with van der Waals surface area (Å²) in [4.78, 5) is 24.8. The Kier molecular flexibility index (Phi) is 5.39. The quantitative estimate of drug-likeness (QED) is 0.850. The summed E-state index contributed by atoms with van der Waals surface area (Å²) >= 11 is 1.30. The number of hydrogen-bond donors (Lipinski definition) is 1. The summed E-state index contributed by atoms with van der Waals surface area (Å²) in [6.45, 7) is 5.28. The van der Waals surface area contributed by atoms with Crippen LogP contribution in [-0.4, -0.2) is 25.1 Å². The average molecular weight is 333 g/mol. The zero-order chi connectivity index (χ0) is 17.0. The van der Waals surface area contributed by atoms with E-state index in [9.17, 15) is 9.59 Å². The minimum atomic E-state index is -0.908. The van der Waals surface area contributed by atoms with E-state index >= 15 is 0 Å².